The average molecular weight is 349 g/mol. The first-order valence-corrected chi connectivity index (χ1v) is 9.11. The van der Waals surface area contributed by atoms with Crippen molar-refractivity contribution >= 4 is 22.6 Å². The van der Waals surface area contributed by atoms with Gasteiger partial charge in [-0.05, 0) is 43.2 Å². The van der Waals surface area contributed by atoms with Gasteiger partial charge >= 0.3 is 0 Å². The van der Waals surface area contributed by atoms with Gasteiger partial charge in [0.15, 0.2) is 5.82 Å². The van der Waals surface area contributed by atoms with Gasteiger partial charge in [-0.2, -0.15) is 0 Å². The van der Waals surface area contributed by atoms with Crippen molar-refractivity contribution in [1.82, 2.24) is 19.4 Å². The van der Waals surface area contributed by atoms with E-state index in [0.717, 1.165) is 49.7 Å². The van der Waals surface area contributed by atoms with E-state index >= 15 is 0 Å². The zero-order chi connectivity index (χ0) is 17.9. The fraction of sp³-hybridized carbons (Fsp3) is 0.350. The number of hydrogen-bond acceptors (Lipinski definition) is 4. The number of carbonyl (C=O) groups is 1. The monoisotopic (exact) mass is 349 g/mol. The second kappa shape index (κ2) is 7.15. The minimum Gasteiger partial charge on any atom is -0.370 e. The van der Waals surface area contributed by atoms with Crippen LogP contribution in [-0.4, -0.2) is 45.0 Å². The molecule has 0 bridgehead atoms. The van der Waals surface area contributed by atoms with Gasteiger partial charge in [-0.25, -0.2) is 9.97 Å². The number of amides is 1. The molecule has 1 amide bonds. The molecule has 1 N–H and O–H groups in total. The van der Waals surface area contributed by atoms with E-state index in [1.165, 1.54) is 10.9 Å². The number of anilines is 1. The summed E-state index contributed by atoms with van der Waals surface area (Å²) in [6.45, 7) is 2.50. The van der Waals surface area contributed by atoms with Gasteiger partial charge in [-0.15, -0.1) is 0 Å². The fourth-order valence-electron chi connectivity index (χ4n) is 3.44. The Balaban J connectivity index is 1.40. The van der Waals surface area contributed by atoms with E-state index in [0.29, 0.717) is 6.42 Å². The molecule has 0 unspecified atom stereocenters. The third kappa shape index (κ3) is 3.40. The molecule has 1 fully saturated rings. The van der Waals surface area contributed by atoms with E-state index < -0.39 is 0 Å². The lowest BCUT2D eigenvalue weighted by Gasteiger charge is -2.15. The zero-order valence-electron chi connectivity index (χ0n) is 15.0. The molecule has 1 aliphatic heterocycles. The second-order valence-electron chi connectivity index (χ2n) is 6.73. The average Bonchev–Trinajstić information content (AvgIpc) is 3.24. The summed E-state index contributed by atoms with van der Waals surface area (Å²) >= 11 is 0. The largest absolute Gasteiger partial charge is 0.370 e. The molecular formula is C20H23N5O. The van der Waals surface area contributed by atoms with E-state index in [1.807, 2.05) is 18.0 Å². The van der Waals surface area contributed by atoms with Crippen LogP contribution in [0.15, 0.2) is 42.7 Å². The molecule has 1 aliphatic rings. The summed E-state index contributed by atoms with van der Waals surface area (Å²) in [5.41, 5.74) is 2.20. The van der Waals surface area contributed by atoms with Crippen LogP contribution in [-0.2, 0) is 11.8 Å². The number of carbonyl (C=O) groups excluding carboxylic acids is 1. The number of aryl methyl sites for hydroxylation is 1. The lowest BCUT2D eigenvalue weighted by Crippen LogP contribution is -2.27. The van der Waals surface area contributed by atoms with Crippen molar-refractivity contribution in [3.05, 3.63) is 42.7 Å². The third-order valence-electron chi connectivity index (χ3n) is 4.88. The maximum atomic E-state index is 11.6. The number of hydrogen-bond donors (Lipinski definition) is 1. The molecule has 1 aromatic carbocycles. The predicted molar refractivity (Wildman–Crippen MR) is 103 cm³/mol. The summed E-state index contributed by atoms with van der Waals surface area (Å²) in [4.78, 5) is 22.6. The lowest BCUT2D eigenvalue weighted by atomic mass is 10.1. The van der Waals surface area contributed by atoms with Crippen molar-refractivity contribution in [3.63, 3.8) is 0 Å². The molecule has 0 saturated carbocycles. The van der Waals surface area contributed by atoms with E-state index in [9.17, 15) is 4.79 Å². The Hall–Kier alpha value is -2.89. The summed E-state index contributed by atoms with van der Waals surface area (Å²) in [5, 5.41) is 4.52. The molecule has 3 heterocycles. The van der Waals surface area contributed by atoms with Crippen LogP contribution in [0.4, 0.5) is 5.82 Å². The molecule has 6 heteroatoms. The van der Waals surface area contributed by atoms with Gasteiger partial charge in [0.2, 0.25) is 5.91 Å². The highest BCUT2D eigenvalue weighted by molar-refractivity contribution is 5.84. The second-order valence-corrected chi connectivity index (χ2v) is 6.73. The molecule has 134 valence electrons. The minimum absolute atomic E-state index is 0.283. The summed E-state index contributed by atoms with van der Waals surface area (Å²) in [6, 6.07) is 10.3. The number of likely N-dealkylation sites (tertiary alicyclic amines) is 1. The molecule has 26 heavy (non-hydrogen) atoms. The minimum atomic E-state index is 0.283. The van der Waals surface area contributed by atoms with Crippen LogP contribution < -0.4 is 5.32 Å². The molecule has 0 aliphatic carbocycles. The zero-order valence-corrected chi connectivity index (χ0v) is 15.0. The van der Waals surface area contributed by atoms with Gasteiger partial charge in [0.05, 0.1) is 0 Å². The quantitative estimate of drug-likeness (QED) is 0.695. The Labute approximate surface area is 152 Å². The highest BCUT2D eigenvalue weighted by Gasteiger charge is 2.18. The van der Waals surface area contributed by atoms with E-state index in [2.05, 4.69) is 50.3 Å². The molecule has 0 atom stereocenters. The van der Waals surface area contributed by atoms with Crippen LogP contribution in [0, 0.1) is 0 Å². The van der Waals surface area contributed by atoms with E-state index in [4.69, 9.17) is 0 Å². The SMILES string of the molecule is Cn1ccc2cc(-c3nccc(NCCCN4CCCC4=O)n3)ccc21. The molecule has 1 saturated heterocycles. The van der Waals surface area contributed by atoms with Gasteiger partial charge in [0.1, 0.15) is 5.82 Å². The maximum absolute atomic E-state index is 11.6. The number of rotatable bonds is 6. The highest BCUT2D eigenvalue weighted by Crippen LogP contribution is 2.23. The first-order valence-electron chi connectivity index (χ1n) is 9.11. The molecule has 0 radical (unpaired) electrons. The molecule has 4 rings (SSSR count). The van der Waals surface area contributed by atoms with Crippen molar-refractivity contribution in [2.75, 3.05) is 25.0 Å². The maximum Gasteiger partial charge on any atom is 0.222 e. The van der Waals surface area contributed by atoms with Crippen molar-refractivity contribution in [2.24, 2.45) is 7.05 Å². The van der Waals surface area contributed by atoms with Crippen LogP contribution in [0.1, 0.15) is 19.3 Å². The first-order chi connectivity index (χ1) is 12.7. The molecule has 2 aromatic heterocycles. The Bertz CT molecular complexity index is 933. The number of aromatic nitrogens is 3. The number of fused-ring (bicyclic) bond motifs is 1. The summed E-state index contributed by atoms with van der Waals surface area (Å²) < 4.78 is 2.10. The first kappa shape index (κ1) is 16.6. The number of benzene rings is 1. The van der Waals surface area contributed by atoms with Gasteiger partial charge < -0.3 is 14.8 Å². The van der Waals surface area contributed by atoms with Crippen LogP contribution in [0.25, 0.3) is 22.3 Å². The standard InChI is InChI=1S/C20H23N5O/c1-24-13-8-15-14-16(5-6-17(15)24)20-22-10-7-18(23-20)21-9-3-12-25-11-2-4-19(25)26/h5-8,10,13-14H,2-4,9,11-12H2,1H3,(H,21,22,23). The van der Waals surface area contributed by atoms with Crippen molar-refractivity contribution in [2.45, 2.75) is 19.3 Å². The topological polar surface area (TPSA) is 63.1 Å². The fourth-order valence-corrected chi connectivity index (χ4v) is 3.44. The van der Waals surface area contributed by atoms with Crippen LogP contribution in [0.3, 0.4) is 0 Å². The highest BCUT2D eigenvalue weighted by atomic mass is 16.2. The van der Waals surface area contributed by atoms with Gasteiger partial charge in [-0.3, -0.25) is 4.79 Å². The van der Waals surface area contributed by atoms with Crippen molar-refractivity contribution < 1.29 is 4.79 Å². The Morgan fingerprint density at radius 1 is 1.23 bits per heavy atom. The van der Waals surface area contributed by atoms with E-state index in [1.54, 1.807) is 6.20 Å². The summed E-state index contributed by atoms with van der Waals surface area (Å²) in [6.07, 6.45) is 6.45. The Morgan fingerprint density at radius 3 is 3.00 bits per heavy atom. The normalized spacial score (nSPS) is 14.3. The van der Waals surface area contributed by atoms with Crippen LogP contribution >= 0.6 is 0 Å². The number of nitrogens with one attached hydrogen (secondary N) is 1. The Kier molecular flexibility index (Phi) is 4.56. The molecule has 0 spiro atoms. The molecule has 3 aromatic rings. The van der Waals surface area contributed by atoms with Crippen molar-refractivity contribution in [1.29, 1.82) is 0 Å². The van der Waals surface area contributed by atoms with Gasteiger partial charge in [0, 0.05) is 62.0 Å². The van der Waals surface area contributed by atoms with Crippen LogP contribution in [0.5, 0.6) is 0 Å². The van der Waals surface area contributed by atoms with Crippen molar-refractivity contribution in [3.8, 4) is 11.4 Å². The van der Waals surface area contributed by atoms with Gasteiger partial charge in [0.25, 0.3) is 0 Å². The smallest absolute Gasteiger partial charge is 0.222 e. The van der Waals surface area contributed by atoms with Gasteiger partial charge in [-0.1, -0.05) is 0 Å². The third-order valence-corrected chi connectivity index (χ3v) is 4.88. The van der Waals surface area contributed by atoms with Crippen LogP contribution in [0.2, 0.25) is 0 Å². The summed E-state index contributed by atoms with van der Waals surface area (Å²) in [5.74, 6) is 1.82. The Morgan fingerprint density at radius 2 is 2.15 bits per heavy atom. The predicted octanol–water partition coefficient (Wildman–Crippen LogP) is 3.06. The molecular weight excluding hydrogens is 326 g/mol. The summed E-state index contributed by atoms with van der Waals surface area (Å²) in [7, 11) is 2.04. The lowest BCUT2D eigenvalue weighted by molar-refractivity contribution is -0.127. The van der Waals surface area contributed by atoms with E-state index in [-0.39, 0.29) is 5.91 Å². The number of nitrogens with zero attached hydrogens (tertiary/aromatic N) is 4. The molecule has 6 nitrogen and oxygen atoms in total.